The fourth-order valence-electron chi connectivity index (χ4n) is 3.51. The van der Waals surface area contributed by atoms with Gasteiger partial charge in [-0.1, -0.05) is 26.3 Å². The first kappa shape index (κ1) is 26.0. The topological polar surface area (TPSA) is 90.1 Å². The molecule has 9 heteroatoms. The summed E-state index contributed by atoms with van der Waals surface area (Å²) in [6, 6.07) is 0.528. The van der Waals surface area contributed by atoms with Gasteiger partial charge in [0, 0.05) is 24.0 Å². The number of fused-ring (bicyclic) bond motifs is 1. The molecule has 1 amide bonds. The molecule has 2 rings (SSSR count). The molecule has 0 unspecified atom stereocenters. The number of thiazole rings is 1. The Morgan fingerprint density at radius 1 is 1.16 bits per heavy atom. The molecule has 1 aliphatic rings. The second-order valence-electron chi connectivity index (χ2n) is 7.98. The van der Waals surface area contributed by atoms with Gasteiger partial charge >= 0.3 is 0 Å². The highest BCUT2D eigenvalue weighted by molar-refractivity contribution is 7.80. The normalized spacial score (nSPS) is 15.4. The van der Waals surface area contributed by atoms with Crippen molar-refractivity contribution in [2.24, 2.45) is 0 Å². The molecule has 7 nitrogen and oxygen atoms in total. The minimum Gasteiger partial charge on any atom is -0.371 e. The third kappa shape index (κ3) is 10.7. The Balaban J connectivity index is 1.55. The second kappa shape index (κ2) is 15.5. The number of hydrogen-bond donors (Lipinski definition) is 6. The average molecular weight is 469 g/mol. The van der Waals surface area contributed by atoms with Gasteiger partial charge in [0.1, 0.15) is 0 Å². The molecule has 1 aromatic rings. The van der Waals surface area contributed by atoms with E-state index in [1.807, 2.05) is 0 Å². The summed E-state index contributed by atoms with van der Waals surface area (Å²) in [4.78, 5) is 18.2. The van der Waals surface area contributed by atoms with Crippen LogP contribution >= 0.6 is 24.0 Å². The third-order valence-corrected chi connectivity index (χ3v) is 6.58. The zero-order valence-electron chi connectivity index (χ0n) is 18.9. The standard InChI is InChI=1S/C22H40N6OS2/c1-3-10-25-18-8-9-19-20(15-18)31-22(27-19)28-21(29)16-26-17(2)24-13-12-23-11-6-4-5-7-14-30/h18,23-26,30H,2-16H2,1H3,(H,27,28,29)/t18-/m0/s1. The van der Waals surface area contributed by atoms with Crippen LogP contribution in [0.15, 0.2) is 12.4 Å². The number of aromatic nitrogens is 1. The SMILES string of the molecule is C=C(NCCNCCCCCCS)NCC(=O)Nc1nc2c(s1)C[C@@H](NCCC)CC2. The van der Waals surface area contributed by atoms with E-state index in [0.29, 0.717) is 17.0 Å². The molecule has 0 bridgehead atoms. The van der Waals surface area contributed by atoms with Crippen molar-refractivity contribution in [3.8, 4) is 0 Å². The van der Waals surface area contributed by atoms with Crippen LogP contribution in [0.4, 0.5) is 5.13 Å². The Morgan fingerprint density at radius 3 is 2.81 bits per heavy atom. The van der Waals surface area contributed by atoms with Crippen molar-refractivity contribution in [3.05, 3.63) is 23.0 Å². The number of amides is 1. The van der Waals surface area contributed by atoms with E-state index in [1.165, 1.54) is 30.6 Å². The molecule has 1 heterocycles. The fraction of sp³-hybridized carbons (Fsp3) is 0.727. The molecule has 0 radical (unpaired) electrons. The molecule has 0 saturated heterocycles. The van der Waals surface area contributed by atoms with Gasteiger partial charge in [-0.15, -0.1) is 11.3 Å². The van der Waals surface area contributed by atoms with E-state index >= 15 is 0 Å². The molecule has 176 valence electrons. The maximum absolute atomic E-state index is 12.3. The molecule has 0 aromatic carbocycles. The van der Waals surface area contributed by atoms with E-state index in [9.17, 15) is 4.79 Å². The minimum atomic E-state index is -0.103. The van der Waals surface area contributed by atoms with Gasteiger partial charge in [-0.25, -0.2) is 4.98 Å². The lowest BCUT2D eigenvalue weighted by Crippen LogP contribution is -2.35. The zero-order valence-corrected chi connectivity index (χ0v) is 20.6. The first-order chi connectivity index (χ1) is 15.1. The van der Waals surface area contributed by atoms with Crippen molar-refractivity contribution in [3.63, 3.8) is 0 Å². The smallest absolute Gasteiger partial charge is 0.245 e. The van der Waals surface area contributed by atoms with Gasteiger partial charge in [0.2, 0.25) is 5.91 Å². The number of unbranched alkanes of at least 4 members (excludes halogenated alkanes) is 3. The van der Waals surface area contributed by atoms with E-state index in [2.05, 4.69) is 57.7 Å². The van der Waals surface area contributed by atoms with Crippen LogP contribution in [0.3, 0.4) is 0 Å². The highest BCUT2D eigenvalue weighted by atomic mass is 32.1. The number of thiol groups is 1. The van der Waals surface area contributed by atoms with Crippen LogP contribution in [0, 0.1) is 0 Å². The van der Waals surface area contributed by atoms with Crippen LogP contribution in [0.1, 0.15) is 56.0 Å². The highest BCUT2D eigenvalue weighted by Gasteiger charge is 2.22. The highest BCUT2D eigenvalue weighted by Crippen LogP contribution is 2.29. The van der Waals surface area contributed by atoms with Crippen molar-refractivity contribution in [2.75, 3.05) is 43.8 Å². The van der Waals surface area contributed by atoms with Gasteiger partial charge < -0.3 is 26.6 Å². The molecule has 1 atom stereocenters. The van der Waals surface area contributed by atoms with E-state index < -0.39 is 0 Å². The van der Waals surface area contributed by atoms with Gasteiger partial charge in [-0.2, -0.15) is 12.6 Å². The largest absolute Gasteiger partial charge is 0.371 e. The summed E-state index contributed by atoms with van der Waals surface area (Å²) in [5.74, 6) is 1.54. The summed E-state index contributed by atoms with van der Waals surface area (Å²) in [5.41, 5.74) is 1.14. The van der Waals surface area contributed by atoms with Crippen LogP contribution in [0.25, 0.3) is 0 Å². The second-order valence-corrected chi connectivity index (χ2v) is 9.51. The van der Waals surface area contributed by atoms with Crippen molar-refractivity contribution >= 4 is 35.0 Å². The summed E-state index contributed by atoms with van der Waals surface area (Å²) >= 11 is 5.83. The summed E-state index contributed by atoms with van der Waals surface area (Å²) in [7, 11) is 0. The number of carbonyl (C=O) groups is 1. The lowest BCUT2D eigenvalue weighted by molar-refractivity contribution is -0.115. The Hall–Kier alpha value is -1.29. The molecule has 5 N–H and O–H groups in total. The van der Waals surface area contributed by atoms with E-state index in [-0.39, 0.29) is 12.5 Å². The number of aryl methyl sites for hydroxylation is 1. The van der Waals surface area contributed by atoms with Gasteiger partial charge in [0.25, 0.3) is 0 Å². The van der Waals surface area contributed by atoms with E-state index in [4.69, 9.17) is 0 Å². The molecule has 0 spiro atoms. The maximum Gasteiger partial charge on any atom is 0.245 e. The first-order valence-corrected chi connectivity index (χ1v) is 13.1. The number of nitrogens with zero attached hydrogens (tertiary/aromatic N) is 1. The monoisotopic (exact) mass is 468 g/mol. The van der Waals surface area contributed by atoms with Crippen LogP contribution < -0.4 is 26.6 Å². The lowest BCUT2D eigenvalue weighted by Gasteiger charge is -2.21. The minimum absolute atomic E-state index is 0.103. The number of carbonyl (C=O) groups excluding carboxylic acids is 1. The molecule has 0 fully saturated rings. The van der Waals surface area contributed by atoms with Crippen LogP contribution in [0.5, 0.6) is 0 Å². The molecule has 0 aliphatic heterocycles. The van der Waals surface area contributed by atoms with Gasteiger partial charge in [-0.3, -0.25) is 4.79 Å². The number of anilines is 1. The van der Waals surface area contributed by atoms with Gasteiger partial charge in [0.05, 0.1) is 18.1 Å². The quantitative estimate of drug-likeness (QED) is 0.156. The van der Waals surface area contributed by atoms with Crippen LogP contribution in [-0.4, -0.2) is 55.4 Å². The average Bonchev–Trinajstić information content (AvgIpc) is 3.16. The molecule has 1 aromatic heterocycles. The van der Waals surface area contributed by atoms with Crippen molar-refractivity contribution < 1.29 is 4.79 Å². The molecule has 31 heavy (non-hydrogen) atoms. The van der Waals surface area contributed by atoms with E-state index in [0.717, 1.165) is 63.3 Å². The van der Waals surface area contributed by atoms with Crippen LogP contribution in [-0.2, 0) is 17.6 Å². The summed E-state index contributed by atoms with van der Waals surface area (Å²) < 4.78 is 0. The summed E-state index contributed by atoms with van der Waals surface area (Å²) in [6.45, 7) is 10.0. The Bertz CT molecular complexity index is 666. The van der Waals surface area contributed by atoms with Crippen LogP contribution in [0.2, 0.25) is 0 Å². The Kier molecular flexibility index (Phi) is 13.0. The van der Waals surface area contributed by atoms with E-state index in [1.54, 1.807) is 11.3 Å². The summed E-state index contributed by atoms with van der Waals surface area (Å²) in [6.07, 6.45) is 9.15. The Morgan fingerprint density at radius 2 is 2.00 bits per heavy atom. The third-order valence-electron chi connectivity index (χ3n) is 5.23. The van der Waals surface area contributed by atoms with Gasteiger partial charge in [-0.05, 0) is 57.4 Å². The molecular weight excluding hydrogens is 428 g/mol. The first-order valence-electron chi connectivity index (χ1n) is 11.6. The number of hydrogen-bond acceptors (Lipinski definition) is 8. The molecule has 0 saturated carbocycles. The lowest BCUT2D eigenvalue weighted by atomic mass is 9.98. The van der Waals surface area contributed by atoms with Crippen molar-refractivity contribution in [1.82, 2.24) is 26.3 Å². The summed E-state index contributed by atoms with van der Waals surface area (Å²) in [5, 5.41) is 16.8. The Labute approximate surface area is 197 Å². The fourth-order valence-corrected chi connectivity index (χ4v) is 4.83. The van der Waals surface area contributed by atoms with Gasteiger partial charge in [0.15, 0.2) is 5.13 Å². The van der Waals surface area contributed by atoms with Crippen molar-refractivity contribution in [2.45, 2.75) is 64.3 Å². The number of nitrogens with one attached hydrogen (secondary N) is 5. The zero-order chi connectivity index (χ0) is 22.3. The predicted molar refractivity (Wildman–Crippen MR) is 135 cm³/mol. The molecule has 1 aliphatic carbocycles. The van der Waals surface area contributed by atoms with Crippen molar-refractivity contribution in [1.29, 1.82) is 0 Å². The molecular formula is C22H40N6OS2. The number of rotatable bonds is 17. The predicted octanol–water partition coefficient (Wildman–Crippen LogP) is 2.67. The maximum atomic E-state index is 12.3.